The molecule has 1 fully saturated rings. The fourth-order valence-corrected chi connectivity index (χ4v) is 2.10. The molecule has 0 aliphatic carbocycles. The van der Waals surface area contributed by atoms with E-state index in [-0.39, 0.29) is 0 Å². The fraction of sp³-hybridized carbons (Fsp3) is 0.750. The predicted octanol–water partition coefficient (Wildman–Crippen LogP) is 1.21. The van der Waals surface area contributed by atoms with Gasteiger partial charge in [-0.2, -0.15) is 5.10 Å². The van der Waals surface area contributed by atoms with Crippen LogP contribution in [0.2, 0.25) is 0 Å². The van der Waals surface area contributed by atoms with Gasteiger partial charge in [-0.3, -0.25) is 4.68 Å². The maximum atomic E-state index is 5.59. The van der Waals surface area contributed by atoms with Crippen molar-refractivity contribution < 1.29 is 4.74 Å². The van der Waals surface area contributed by atoms with Crippen molar-refractivity contribution in [3.05, 3.63) is 18.0 Å². The normalized spacial score (nSPS) is 20.4. The van der Waals surface area contributed by atoms with Gasteiger partial charge in [-0.25, -0.2) is 0 Å². The van der Waals surface area contributed by atoms with Crippen molar-refractivity contribution in [3.63, 3.8) is 0 Å². The third-order valence-electron chi connectivity index (χ3n) is 2.99. The summed E-state index contributed by atoms with van der Waals surface area (Å²) in [5.41, 5.74) is 1.33. The maximum absolute atomic E-state index is 5.59. The minimum absolute atomic E-state index is 0.380. The van der Waals surface area contributed by atoms with Gasteiger partial charge in [-0.05, 0) is 44.8 Å². The van der Waals surface area contributed by atoms with Crippen LogP contribution in [0.1, 0.15) is 24.8 Å². The van der Waals surface area contributed by atoms with E-state index in [1.54, 1.807) is 0 Å². The van der Waals surface area contributed by atoms with E-state index in [9.17, 15) is 0 Å². The summed E-state index contributed by atoms with van der Waals surface area (Å²) in [6.07, 6.45) is 9.15. The third kappa shape index (κ3) is 3.32. The number of aromatic nitrogens is 2. The van der Waals surface area contributed by atoms with Crippen LogP contribution in [0.25, 0.3) is 0 Å². The van der Waals surface area contributed by atoms with Crippen molar-refractivity contribution >= 4 is 0 Å². The lowest BCUT2D eigenvalue weighted by Gasteiger charge is -2.08. The van der Waals surface area contributed by atoms with E-state index in [0.717, 1.165) is 26.1 Å². The van der Waals surface area contributed by atoms with Gasteiger partial charge in [0, 0.05) is 12.8 Å². The number of aryl methyl sites for hydroxylation is 1. The summed E-state index contributed by atoms with van der Waals surface area (Å²) in [5.74, 6) is 0. The number of rotatable bonds is 6. The van der Waals surface area contributed by atoms with Gasteiger partial charge < -0.3 is 10.1 Å². The molecule has 90 valence electrons. The first-order chi connectivity index (χ1) is 7.88. The second-order valence-corrected chi connectivity index (χ2v) is 4.41. The van der Waals surface area contributed by atoms with E-state index >= 15 is 0 Å². The zero-order chi connectivity index (χ0) is 11.2. The summed E-state index contributed by atoms with van der Waals surface area (Å²) in [7, 11) is 1.99. The quantitative estimate of drug-likeness (QED) is 0.737. The molecule has 2 rings (SSSR count). The molecule has 1 aliphatic heterocycles. The molecule has 1 unspecified atom stereocenters. The summed E-state index contributed by atoms with van der Waals surface area (Å²) in [6.45, 7) is 2.89. The molecule has 1 aliphatic rings. The van der Waals surface area contributed by atoms with Crippen LogP contribution >= 0.6 is 0 Å². The first kappa shape index (κ1) is 11.6. The number of hydrogen-bond acceptors (Lipinski definition) is 3. The second kappa shape index (κ2) is 6.01. The lowest BCUT2D eigenvalue weighted by atomic mass is 10.2. The average molecular weight is 223 g/mol. The van der Waals surface area contributed by atoms with Crippen LogP contribution in [0, 0.1) is 0 Å². The van der Waals surface area contributed by atoms with Crippen molar-refractivity contribution in [2.45, 2.75) is 38.3 Å². The lowest BCUT2D eigenvalue weighted by molar-refractivity contribution is 0.0940. The molecule has 0 radical (unpaired) electrons. The molecule has 2 heterocycles. The molecule has 1 saturated heterocycles. The lowest BCUT2D eigenvalue weighted by Crippen LogP contribution is -2.15. The average Bonchev–Trinajstić information content (AvgIpc) is 2.91. The zero-order valence-electron chi connectivity index (χ0n) is 9.98. The van der Waals surface area contributed by atoms with Crippen LogP contribution < -0.4 is 5.32 Å². The van der Waals surface area contributed by atoms with Gasteiger partial charge in [0.05, 0.1) is 18.8 Å². The van der Waals surface area contributed by atoms with E-state index in [0.29, 0.717) is 6.10 Å². The largest absolute Gasteiger partial charge is 0.376 e. The highest BCUT2D eigenvalue weighted by Gasteiger charge is 2.16. The Morgan fingerprint density at radius 3 is 3.31 bits per heavy atom. The Kier molecular flexibility index (Phi) is 4.36. The van der Waals surface area contributed by atoms with Crippen LogP contribution in [-0.2, 0) is 17.7 Å². The van der Waals surface area contributed by atoms with Gasteiger partial charge in [0.2, 0.25) is 0 Å². The standard InChI is InChI=1S/C12H21N3O/c1-13-6-2-4-11-8-14-15(9-11)10-12-5-3-7-16-12/h8-9,12-13H,2-7,10H2,1H3. The van der Waals surface area contributed by atoms with Crippen molar-refractivity contribution in [1.29, 1.82) is 0 Å². The monoisotopic (exact) mass is 223 g/mol. The molecule has 1 atom stereocenters. The van der Waals surface area contributed by atoms with Crippen LogP contribution in [0.4, 0.5) is 0 Å². The van der Waals surface area contributed by atoms with E-state index in [4.69, 9.17) is 4.74 Å². The van der Waals surface area contributed by atoms with Gasteiger partial charge in [-0.1, -0.05) is 0 Å². The van der Waals surface area contributed by atoms with Gasteiger partial charge >= 0.3 is 0 Å². The van der Waals surface area contributed by atoms with Crippen LogP contribution in [0.15, 0.2) is 12.4 Å². The Morgan fingerprint density at radius 1 is 1.62 bits per heavy atom. The first-order valence-corrected chi connectivity index (χ1v) is 6.16. The van der Waals surface area contributed by atoms with Crippen molar-refractivity contribution in [3.8, 4) is 0 Å². The minimum atomic E-state index is 0.380. The maximum Gasteiger partial charge on any atom is 0.0771 e. The number of nitrogens with zero attached hydrogens (tertiary/aromatic N) is 2. The Labute approximate surface area is 97.0 Å². The van der Waals surface area contributed by atoms with Gasteiger partial charge in [0.15, 0.2) is 0 Å². The van der Waals surface area contributed by atoms with Gasteiger partial charge in [0.25, 0.3) is 0 Å². The number of nitrogens with one attached hydrogen (secondary N) is 1. The molecule has 0 amide bonds. The van der Waals surface area contributed by atoms with Crippen LogP contribution in [-0.4, -0.2) is 36.1 Å². The Bertz CT molecular complexity index is 305. The smallest absolute Gasteiger partial charge is 0.0771 e. The highest BCUT2D eigenvalue weighted by molar-refractivity contribution is 5.04. The topological polar surface area (TPSA) is 39.1 Å². The summed E-state index contributed by atoms with van der Waals surface area (Å²) in [6, 6.07) is 0. The predicted molar refractivity (Wildman–Crippen MR) is 63.4 cm³/mol. The molecule has 0 bridgehead atoms. The highest BCUT2D eigenvalue weighted by Crippen LogP contribution is 2.14. The number of hydrogen-bond donors (Lipinski definition) is 1. The highest BCUT2D eigenvalue weighted by atomic mass is 16.5. The van der Waals surface area contributed by atoms with Crippen LogP contribution in [0.3, 0.4) is 0 Å². The molecule has 4 heteroatoms. The molecular formula is C12H21N3O. The first-order valence-electron chi connectivity index (χ1n) is 6.16. The number of ether oxygens (including phenoxy) is 1. The Hall–Kier alpha value is -0.870. The van der Waals surface area contributed by atoms with E-state index in [2.05, 4.69) is 16.6 Å². The molecule has 4 nitrogen and oxygen atoms in total. The van der Waals surface area contributed by atoms with Crippen LogP contribution in [0.5, 0.6) is 0 Å². The summed E-state index contributed by atoms with van der Waals surface area (Å²) >= 11 is 0. The summed E-state index contributed by atoms with van der Waals surface area (Å²) in [5, 5.41) is 7.53. The molecule has 1 N–H and O–H groups in total. The van der Waals surface area contributed by atoms with E-state index in [1.807, 2.05) is 17.9 Å². The minimum Gasteiger partial charge on any atom is -0.376 e. The van der Waals surface area contributed by atoms with Crippen molar-refractivity contribution in [1.82, 2.24) is 15.1 Å². The molecule has 1 aromatic heterocycles. The van der Waals surface area contributed by atoms with Gasteiger partial charge in [-0.15, -0.1) is 0 Å². The fourth-order valence-electron chi connectivity index (χ4n) is 2.10. The molecule has 0 aromatic carbocycles. The molecule has 0 spiro atoms. The van der Waals surface area contributed by atoms with Crippen molar-refractivity contribution in [2.75, 3.05) is 20.2 Å². The molecule has 1 aromatic rings. The van der Waals surface area contributed by atoms with E-state index in [1.165, 1.54) is 24.8 Å². The van der Waals surface area contributed by atoms with Gasteiger partial charge in [0.1, 0.15) is 0 Å². The van der Waals surface area contributed by atoms with Crippen molar-refractivity contribution in [2.24, 2.45) is 0 Å². The zero-order valence-corrected chi connectivity index (χ0v) is 9.98. The third-order valence-corrected chi connectivity index (χ3v) is 2.99. The molecule has 0 saturated carbocycles. The Balaban J connectivity index is 1.77. The van der Waals surface area contributed by atoms with E-state index < -0.39 is 0 Å². The summed E-state index contributed by atoms with van der Waals surface area (Å²) in [4.78, 5) is 0. The second-order valence-electron chi connectivity index (χ2n) is 4.41. The molecular weight excluding hydrogens is 202 g/mol. The molecule has 16 heavy (non-hydrogen) atoms. The summed E-state index contributed by atoms with van der Waals surface area (Å²) < 4.78 is 7.61. The SMILES string of the molecule is CNCCCc1cnn(CC2CCCO2)c1. The Morgan fingerprint density at radius 2 is 2.56 bits per heavy atom.